The second kappa shape index (κ2) is 5.64. The molecular weight excluding hydrogens is 202 g/mol. The molecule has 0 spiro atoms. The molecule has 2 N–H and O–H groups in total. The summed E-state index contributed by atoms with van der Waals surface area (Å²) in [7, 11) is 0. The van der Waals surface area contributed by atoms with Crippen LogP contribution in [0.3, 0.4) is 0 Å². The van der Waals surface area contributed by atoms with E-state index in [1.54, 1.807) is 0 Å². The first-order valence-corrected chi connectivity index (χ1v) is 6.55. The van der Waals surface area contributed by atoms with Crippen molar-refractivity contribution in [2.45, 2.75) is 44.7 Å². The Bertz CT molecular complexity index is 244. The Morgan fingerprint density at radius 2 is 2.25 bits per heavy atom. The van der Waals surface area contributed by atoms with E-state index in [9.17, 15) is 4.79 Å². The minimum atomic E-state index is 0.163. The molecule has 16 heavy (non-hydrogen) atoms. The highest BCUT2D eigenvalue weighted by molar-refractivity contribution is 5.75. The van der Waals surface area contributed by atoms with Gasteiger partial charge in [0.15, 0.2) is 0 Å². The average molecular weight is 225 g/mol. The third-order valence-electron chi connectivity index (χ3n) is 3.74. The summed E-state index contributed by atoms with van der Waals surface area (Å²) in [4.78, 5) is 13.9. The molecule has 2 aliphatic heterocycles. The number of hydrogen-bond donors (Lipinski definition) is 2. The van der Waals surface area contributed by atoms with Gasteiger partial charge in [0.25, 0.3) is 0 Å². The van der Waals surface area contributed by atoms with Crippen molar-refractivity contribution in [1.29, 1.82) is 0 Å². The van der Waals surface area contributed by atoms with Gasteiger partial charge in [-0.05, 0) is 32.7 Å². The topological polar surface area (TPSA) is 44.4 Å². The monoisotopic (exact) mass is 225 g/mol. The summed E-state index contributed by atoms with van der Waals surface area (Å²) in [5.41, 5.74) is 0. The minimum Gasteiger partial charge on any atom is -0.356 e. The third kappa shape index (κ3) is 2.74. The van der Waals surface area contributed by atoms with Crippen LogP contribution < -0.4 is 10.6 Å². The van der Waals surface area contributed by atoms with Gasteiger partial charge in [-0.2, -0.15) is 0 Å². The van der Waals surface area contributed by atoms with Crippen LogP contribution in [0.5, 0.6) is 0 Å². The SMILES string of the molecule is CCNC(=O)CCNC1CCN2CCCC12. The van der Waals surface area contributed by atoms with Gasteiger partial charge < -0.3 is 10.6 Å². The van der Waals surface area contributed by atoms with Crippen molar-refractivity contribution < 1.29 is 4.79 Å². The summed E-state index contributed by atoms with van der Waals surface area (Å²) in [5.74, 6) is 0.163. The number of fused-ring (bicyclic) bond motifs is 1. The van der Waals surface area contributed by atoms with Crippen molar-refractivity contribution >= 4 is 5.91 Å². The molecule has 2 aliphatic rings. The second-order valence-corrected chi connectivity index (χ2v) is 4.80. The Kier molecular flexibility index (Phi) is 4.18. The van der Waals surface area contributed by atoms with Crippen LogP contribution in [0.1, 0.15) is 32.6 Å². The molecule has 2 fully saturated rings. The maximum atomic E-state index is 11.3. The Hall–Kier alpha value is -0.610. The number of carbonyl (C=O) groups excluding carboxylic acids is 1. The summed E-state index contributed by atoms with van der Waals surface area (Å²) in [5, 5.41) is 6.37. The third-order valence-corrected chi connectivity index (χ3v) is 3.74. The number of hydrogen-bond acceptors (Lipinski definition) is 3. The normalized spacial score (nSPS) is 29.3. The predicted molar refractivity (Wildman–Crippen MR) is 64.3 cm³/mol. The number of amides is 1. The van der Waals surface area contributed by atoms with Crippen LogP contribution in [0.4, 0.5) is 0 Å². The maximum Gasteiger partial charge on any atom is 0.221 e. The molecule has 2 unspecified atom stereocenters. The Balaban J connectivity index is 1.65. The molecule has 0 radical (unpaired) electrons. The van der Waals surface area contributed by atoms with Crippen LogP contribution in [0, 0.1) is 0 Å². The van der Waals surface area contributed by atoms with Crippen LogP contribution in [0.25, 0.3) is 0 Å². The zero-order valence-electron chi connectivity index (χ0n) is 10.2. The second-order valence-electron chi connectivity index (χ2n) is 4.80. The standard InChI is InChI=1S/C12H23N3O/c1-2-13-12(16)5-7-14-10-6-9-15-8-3-4-11(10)15/h10-11,14H,2-9H2,1H3,(H,13,16). The fourth-order valence-corrected chi connectivity index (χ4v) is 2.98. The Morgan fingerprint density at radius 1 is 1.38 bits per heavy atom. The van der Waals surface area contributed by atoms with Crippen molar-refractivity contribution in [1.82, 2.24) is 15.5 Å². The van der Waals surface area contributed by atoms with Crippen molar-refractivity contribution in [2.75, 3.05) is 26.2 Å². The molecule has 0 aromatic carbocycles. The van der Waals surface area contributed by atoms with E-state index in [0.29, 0.717) is 12.5 Å². The van der Waals surface area contributed by atoms with E-state index >= 15 is 0 Å². The van der Waals surface area contributed by atoms with Gasteiger partial charge in [-0.1, -0.05) is 0 Å². The van der Waals surface area contributed by atoms with Crippen LogP contribution in [0.15, 0.2) is 0 Å². The van der Waals surface area contributed by atoms with Crippen LogP contribution >= 0.6 is 0 Å². The van der Waals surface area contributed by atoms with Gasteiger partial charge in [-0.15, -0.1) is 0 Å². The van der Waals surface area contributed by atoms with Gasteiger partial charge in [0, 0.05) is 38.1 Å². The first-order valence-electron chi connectivity index (χ1n) is 6.55. The quantitative estimate of drug-likeness (QED) is 0.709. The highest BCUT2D eigenvalue weighted by Gasteiger charge is 2.36. The lowest BCUT2D eigenvalue weighted by Crippen LogP contribution is -2.40. The largest absolute Gasteiger partial charge is 0.356 e. The van der Waals surface area contributed by atoms with E-state index in [1.807, 2.05) is 6.92 Å². The van der Waals surface area contributed by atoms with E-state index in [0.717, 1.165) is 19.1 Å². The zero-order valence-corrected chi connectivity index (χ0v) is 10.2. The van der Waals surface area contributed by atoms with Gasteiger partial charge in [0.1, 0.15) is 0 Å². The predicted octanol–water partition coefficient (Wildman–Crippen LogP) is 0.339. The van der Waals surface area contributed by atoms with Gasteiger partial charge in [0.2, 0.25) is 5.91 Å². The molecule has 4 heteroatoms. The minimum absolute atomic E-state index is 0.163. The molecular formula is C12H23N3O. The molecule has 4 nitrogen and oxygen atoms in total. The highest BCUT2D eigenvalue weighted by Crippen LogP contribution is 2.27. The summed E-state index contributed by atoms with van der Waals surface area (Å²) in [6, 6.07) is 1.37. The zero-order chi connectivity index (χ0) is 11.4. The van der Waals surface area contributed by atoms with E-state index < -0.39 is 0 Å². The summed E-state index contributed by atoms with van der Waals surface area (Å²) < 4.78 is 0. The fourth-order valence-electron chi connectivity index (χ4n) is 2.98. The van der Waals surface area contributed by atoms with Gasteiger partial charge >= 0.3 is 0 Å². The Morgan fingerprint density at radius 3 is 3.06 bits per heavy atom. The summed E-state index contributed by atoms with van der Waals surface area (Å²) >= 11 is 0. The molecule has 2 atom stereocenters. The van der Waals surface area contributed by atoms with Crippen LogP contribution in [-0.2, 0) is 4.79 Å². The molecule has 0 aromatic heterocycles. The summed E-state index contributed by atoms with van der Waals surface area (Å²) in [6.45, 7) is 6.03. The molecule has 0 bridgehead atoms. The molecule has 1 amide bonds. The lowest BCUT2D eigenvalue weighted by molar-refractivity contribution is -0.120. The molecule has 2 rings (SSSR count). The number of rotatable bonds is 5. The van der Waals surface area contributed by atoms with Gasteiger partial charge in [-0.25, -0.2) is 0 Å². The fraction of sp³-hybridized carbons (Fsp3) is 0.917. The first-order chi connectivity index (χ1) is 7.81. The van der Waals surface area contributed by atoms with Gasteiger partial charge in [0.05, 0.1) is 0 Å². The molecule has 92 valence electrons. The summed E-state index contributed by atoms with van der Waals surface area (Å²) in [6.07, 6.45) is 4.54. The van der Waals surface area contributed by atoms with E-state index in [4.69, 9.17) is 0 Å². The molecule has 2 heterocycles. The van der Waals surface area contributed by atoms with Crippen LogP contribution in [-0.4, -0.2) is 49.1 Å². The van der Waals surface area contributed by atoms with E-state index in [-0.39, 0.29) is 5.91 Å². The smallest absolute Gasteiger partial charge is 0.221 e. The highest BCUT2D eigenvalue weighted by atomic mass is 16.1. The van der Waals surface area contributed by atoms with Crippen LogP contribution in [0.2, 0.25) is 0 Å². The van der Waals surface area contributed by atoms with Gasteiger partial charge in [-0.3, -0.25) is 9.69 Å². The Labute approximate surface area is 97.8 Å². The lowest BCUT2D eigenvalue weighted by atomic mass is 10.1. The lowest BCUT2D eigenvalue weighted by Gasteiger charge is -2.21. The molecule has 0 aromatic rings. The number of nitrogens with zero attached hydrogens (tertiary/aromatic N) is 1. The van der Waals surface area contributed by atoms with Crippen molar-refractivity contribution in [3.8, 4) is 0 Å². The van der Waals surface area contributed by atoms with E-state index in [2.05, 4.69) is 15.5 Å². The van der Waals surface area contributed by atoms with Crippen molar-refractivity contribution in [3.63, 3.8) is 0 Å². The molecule has 0 saturated carbocycles. The maximum absolute atomic E-state index is 11.3. The first kappa shape index (κ1) is 11.9. The van der Waals surface area contributed by atoms with Crippen molar-refractivity contribution in [2.24, 2.45) is 0 Å². The average Bonchev–Trinajstić information content (AvgIpc) is 2.82. The molecule has 0 aliphatic carbocycles. The number of nitrogens with one attached hydrogen (secondary N) is 2. The number of carbonyl (C=O) groups is 1. The van der Waals surface area contributed by atoms with E-state index in [1.165, 1.54) is 32.4 Å². The molecule has 2 saturated heterocycles. The van der Waals surface area contributed by atoms with Crippen molar-refractivity contribution in [3.05, 3.63) is 0 Å².